The summed E-state index contributed by atoms with van der Waals surface area (Å²) in [5.41, 5.74) is 1.58. The largest absolute Gasteiger partial charge is 0.454 e. The number of fused-ring (bicyclic) bond motifs is 2. The van der Waals surface area contributed by atoms with Crippen LogP contribution in [0.1, 0.15) is 59.6 Å². The van der Waals surface area contributed by atoms with Gasteiger partial charge in [-0.2, -0.15) is 0 Å². The summed E-state index contributed by atoms with van der Waals surface area (Å²) in [5, 5.41) is 20.3. The molecular formula is C28H32FNO5. The van der Waals surface area contributed by atoms with Crippen molar-refractivity contribution in [2.75, 3.05) is 13.4 Å². The second-order valence-electron chi connectivity index (χ2n) is 10.3. The molecule has 1 aliphatic heterocycles. The predicted octanol–water partition coefficient (Wildman–Crippen LogP) is 4.39. The number of carbonyl (C=O) groups is 1. The lowest BCUT2D eigenvalue weighted by Crippen LogP contribution is -2.26. The van der Waals surface area contributed by atoms with Crippen LogP contribution in [0.5, 0.6) is 11.5 Å². The molecule has 1 fully saturated rings. The van der Waals surface area contributed by atoms with Crippen molar-refractivity contribution >= 4 is 16.7 Å². The fourth-order valence-corrected chi connectivity index (χ4v) is 4.95. The van der Waals surface area contributed by atoms with Crippen LogP contribution in [0.2, 0.25) is 0 Å². The first-order valence-electron chi connectivity index (χ1n) is 13.1. The molecule has 5 rings (SSSR count). The van der Waals surface area contributed by atoms with Gasteiger partial charge in [0.05, 0.1) is 30.2 Å². The van der Waals surface area contributed by atoms with E-state index < -0.39 is 30.7 Å². The van der Waals surface area contributed by atoms with E-state index in [1.807, 2.05) is 10.6 Å². The molecule has 2 aliphatic rings. The summed E-state index contributed by atoms with van der Waals surface area (Å²) in [6.45, 7) is 3.73. The molecule has 35 heavy (non-hydrogen) atoms. The Morgan fingerprint density at radius 3 is 2.66 bits per heavy atom. The molecule has 1 saturated carbocycles. The molecule has 1 aromatic heterocycles. The van der Waals surface area contributed by atoms with Crippen molar-refractivity contribution in [1.82, 2.24) is 4.57 Å². The molecule has 1 aliphatic carbocycles. The minimum absolute atomic E-state index is 0.0754. The molecule has 2 N–H and O–H groups in total. The molecule has 186 valence electrons. The van der Waals surface area contributed by atoms with E-state index in [1.54, 1.807) is 24.3 Å². The minimum atomic E-state index is -2.24. The number of carbonyl (C=O) groups excluding carboxylic acids is 1. The smallest absolute Gasteiger partial charge is 0.231 e. The van der Waals surface area contributed by atoms with Crippen LogP contribution in [0, 0.1) is 5.82 Å². The van der Waals surface area contributed by atoms with Gasteiger partial charge in [0.1, 0.15) is 14.3 Å². The number of halogens is 1. The lowest BCUT2D eigenvalue weighted by atomic mass is 9.86. The zero-order valence-electron chi connectivity index (χ0n) is 22.2. The number of aliphatic hydroxyl groups excluding tert-OH is 2. The van der Waals surface area contributed by atoms with Crippen molar-refractivity contribution in [2.24, 2.45) is 0 Å². The van der Waals surface area contributed by atoms with Crippen LogP contribution in [-0.4, -0.2) is 40.0 Å². The van der Waals surface area contributed by atoms with E-state index in [4.69, 9.17) is 12.2 Å². The van der Waals surface area contributed by atoms with Crippen molar-refractivity contribution < 1.29 is 31.6 Å². The van der Waals surface area contributed by atoms with Crippen LogP contribution in [0.4, 0.5) is 4.39 Å². The van der Waals surface area contributed by atoms with Crippen molar-refractivity contribution in [3.05, 3.63) is 59.0 Å². The Bertz CT molecular complexity index is 1380. The summed E-state index contributed by atoms with van der Waals surface area (Å²) in [6.07, 6.45) is 1.04. The molecule has 2 aromatic carbocycles. The molecule has 0 unspecified atom stereocenters. The molecule has 0 amide bonds. The van der Waals surface area contributed by atoms with Crippen LogP contribution in [0.3, 0.4) is 0 Å². The fourth-order valence-electron chi connectivity index (χ4n) is 4.95. The zero-order valence-corrected chi connectivity index (χ0v) is 20.2. The first-order valence-corrected chi connectivity index (χ1v) is 12.1. The Morgan fingerprint density at radius 1 is 1.23 bits per heavy atom. The topological polar surface area (TPSA) is 80.9 Å². The minimum Gasteiger partial charge on any atom is -0.454 e. The molecule has 0 saturated heterocycles. The standard InChI is InChI=1S/C28H32FNO5/c1-4-27(2,3)25-10-18-9-17(21(29)13-22(18)30(25)14-20(32)15-31)11-26(33)28(7-8-28)19-5-6-23-24(12-19)35-16-34-23/h5-6,9-10,12-13,20,31-32H,4,7-8,11,14-16H2,1-3H3/t20-/m1/s1/i16D2. The van der Waals surface area contributed by atoms with Gasteiger partial charge in [0.25, 0.3) is 0 Å². The van der Waals surface area contributed by atoms with E-state index in [2.05, 4.69) is 20.8 Å². The van der Waals surface area contributed by atoms with Crippen LogP contribution < -0.4 is 9.47 Å². The van der Waals surface area contributed by atoms with Gasteiger partial charge in [-0.1, -0.05) is 26.8 Å². The summed E-state index contributed by atoms with van der Waals surface area (Å²) < 4.78 is 42.9. The van der Waals surface area contributed by atoms with E-state index in [1.165, 1.54) is 6.07 Å². The molecule has 3 aromatic rings. The van der Waals surface area contributed by atoms with Crippen LogP contribution in [0.25, 0.3) is 10.9 Å². The molecule has 0 spiro atoms. The van der Waals surface area contributed by atoms with Crippen LogP contribution in [-0.2, 0) is 28.6 Å². The zero-order chi connectivity index (χ0) is 26.8. The number of benzene rings is 2. The number of ether oxygens (including phenoxy) is 2. The van der Waals surface area contributed by atoms with Crippen molar-refractivity contribution in [2.45, 2.75) is 69.9 Å². The molecule has 1 atom stereocenters. The van der Waals surface area contributed by atoms with Crippen molar-refractivity contribution in [3.63, 3.8) is 0 Å². The van der Waals surface area contributed by atoms with Gasteiger partial charge < -0.3 is 24.3 Å². The second kappa shape index (κ2) is 8.64. The van der Waals surface area contributed by atoms with Crippen molar-refractivity contribution in [3.8, 4) is 11.5 Å². The average Bonchev–Trinajstić information content (AvgIpc) is 3.50. The summed E-state index contributed by atoms with van der Waals surface area (Å²) in [7, 11) is 0. The van der Waals surface area contributed by atoms with Crippen LogP contribution >= 0.6 is 0 Å². The highest BCUT2D eigenvalue weighted by Crippen LogP contribution is 2.51. The number of ketones is 1. The van der Waals surface area contributed by atoms with Gasteiger partial charge in [0, 0.05) is 22.9 Å². The van der Waals surface area contributed by atoms with Gasteiger partial charge in [0.2, 0.25) is 6.75 Å². The van der Waals surface area contributed by atoms with Gasteiger partial charge >= 0.3 is 0 Å². The normalized spacial score (nSPS) is 19.4. The molecule has 2 heterocycles. The predicted molar refractivity (Wildman–Crippen MR) is 130 cm³/mol. The molecular weight excluding hydrogens is 449 g/mol. The van der Waals surface area contributed by atoms with E-state index >= 15 is 4.39 Å². The Kier molecular flexibility index (Phi) is 5.28. The molecule has 6 nitrogen and oxygen atoms in total. The monoisotopic (exact) mass is 483 g/mol. The summed E-state index contributed by atoms with van der Waals surface area (Å²) in [5.74, 6) is -0.0483. The highest BCUT2D eigenvalue weighted by molar-refractivity contribution is 5.95. The number of nitrogens with zero attached hydrogens (tertiary/aromatic N) is 1. The van der Waals surface area contributed by atoms with E-state index in [9.17, 15) is 15.0 Å². The SMILES string of the molecule is [2H]C1([2H])Oc2ccc(C3(C(=O)Cc4cc5cc(C(C)(C)CC)n(C[C@@H](O)CO)c5cc4F)CC3)cc2O1. The van der Waals surface area contributed by atoms with E-state index in [-0.39, 0.29) is 35.7 Å². The molecule has 0 bridgehead atoms. The quantitative estimate of drug-likeness (QED) is 0.472. The lowest BCUT2D eigenvalue weighted by molar-refractivity contribution is -0.120. The summed E-state index contributed by atoms with van der Waals surface area (Å²) >= 11 is 0. The molecule has 0 radical (unpaired) electrons. The highest BCUT2D eigenvalue weighted by atomic mass is 19.1. The Labute approximate surface area is 207 Å². The van der Waals surface area contributed by atoms with E-state index in [0.29, 0.717) is 23.9 Å². The third-order valence-corrected chi connectivity index (χ3v) is 7.69. The maximum Gasteiger partial charge on any atom is 0.231 e. The van der Waals surface area contributed by atoms with Crippen molar-refractivity contribution in [1.29, 1.82) is 0 Å². The Hall–Kier alpha value is -2.90. The third-order valence-electron chi connectivity index (χ3n) is 7.69. The first kappa shape index (κ1) is 21.4. The average molecular weight is 484 g/mol. The number of aliphatic hydroxyl groups is 2. The first-order chi connectivity index (χ1) is 17.4. The molecule has 7 heteroatoms. The second-order valence-corrected chi connectivity index (χ2v) is 10.3. The number of rotatable bonds is 9. The maximum absolute atomic E-state index is 15.4. The number of hydrogen-bond donors (Lipinski definition) is 2. The lowest BCUT2D eigenvalue weighted by Gasteiger charge is -2.26. The summed E-state index contributed by atoms with van der Waals surface area (Å²) in [4.78, 5) is 13.5. The Balaban J connectivity index is 1.46. The van der Waals surface area contributed by atoms with E-state index in [0.717, 1.165) is 23.1 Å². The van der Waals surface area contributed by atoms with Gasteiger partial charge in [-0.15, -0.1) is 0 Å². The number of hydrogen-bond acceptors (Lipinski definition) is 5. The fraction of sp³-hybridized carbons (Fsp3) is 0.464. The third kappa shape index (κ3) is 4.10. The maximum atomic E-state index is 15.4. The highest BCUT2D eigenvalue weighted by Gasteiger charge is 2.51. The van der Waals surface area contributed by atoms with Gasteiger partial charge in [0.15, 0.2) is 11.5 Å². The summed E-state index contributed by atoms with van der Waals surface area (Å²) in [6, 6.07) is 10.1. The Morgan fingerprint density at radius 2 is 1.97 bits per heavy atom. The van der Waals surface area contributed by atoms with Gasteiger partial charge in [-0.25, -0.2) is 4.39 Å². The number of aromatic nitrogens is 1. The van der Waals surface area contributed by atoms with Gasteiger partial charge in [-0.3, -0.25) is 4.79 Å². The van der Waals surface area contributed by atoms with Gasteiger partial charge in [-0.05, 0) is 60.7 Å². The van der Waals surface area contributed by atoms with Crippen LogP contribution in [0.15, 0.2) is 36.4 Å². The number of Topliss-reactive ketones (excluding diaryl/α,β-unsaturated/α-hetero) is 1.